The average molecular weight is 314 g/mol. The van der Waals surface area contributed by atoms with Crippen molar-refractivity contribution < 1.29 is 4.74 Å². The first-order chi connectivity index (χ1) is 9.33. The first-order valence-electron chi connectivity index (χ1n) is 6.04. The van der Waals surface area contributed by atoms with Crippen LogP contribution in [-0.4, -0.2) is 4.98 Å². The van der Waals surface area contributed by atoms with E-state index in [1.807, 2.05) is 42.5 Å². The molecule has 19 heavy (non-hydrogen) atoms. The predicted molar refractivity (Wildman–Crippen MR) is 80.2 cm³/mol. The van der Waals surface area contributed by atoms with E-state index in [1.165, 1.54) is 0 Å². The summed E-state index contributed by atoms with van der Waals surface area (Å²) in [7, 11) is 0. The number of nitrogens with zero attached hydrogens (tertiary/aromatic N) is 1. The molecule has 0 fully saturated rings. The van der Waals surface area contributed by atoms with Crippen LogP contribution in [0.4, 0.5) is 0 Å². The molecule has 0 atom stereocenters. The van der Waals surface area contributed by atoms with Crippen LogP contribution in [0.3, 0.4) is 0 Å². The molecule has 1 heterocycles. The number of aromatic nitrogens is 1. The fraction of sp³-hybridized carbons (Fsp3) is 0.0625. The highest BCUT2D eigenvalue weighted by Crippen LogP contribution is 2.26. The molecule has 2 aromatic carbocycles. The first kappa shape index (κ1) is 12.2. The summed E-state index contributed by atoms with van der Waals surface area (Å²) in [5.74, 6) is 0.852. The van der Waals surface area contributed by atoms with Crippen molar-refractivity contribution in [2.45, 2.75) is 6.61 Å². The number of fused-ring (bicyclic) bond motifs is 1. The van der Waals surface area contributed by atoms with E-state index >= 15 is 0 Å². The quantitative estimate of drug-likeness (QED) is 0.706. The van der Waals surface area contributed by atoms with Gasteiger partial charge in [-0.25, -0.2) is 0 Å². The molecule has 0 bridgehead atoms. The van der Waals surface area contributed by atoms with Crippen LogP contribution in [0.15, 0.2) is 65.3 Å². The van der Waals surface area contributed by atoms with E-state index < -0.39 is 0 Å². The van der Waals surface area contributed by atoms with Crippen LogP contribution in [0.2, 0.25) is 0 Å². The van der Waals surface area contributed by atoms with Gasteiger partial charge in [0.1, 0.15) is 12.4 Å². The van der Waals surface area contributed by atoms with Gasteiger partial charge < -0.3 is 4.74 Å². The normalized spacial score (nSPS) is 10.6. The molecule has 2 nitrogen and oxygen atoms in total. The molecule has 3 rings (SSSR count). The van der Waals surface area contributed by atoms with Crippen molar-refractivity contribution in [2.24, 2.45) is 0 Å². The summed E-state index contributed by atoms with van der Waals surface area (Å²) in [6, 6.07) is 18.0. The summed E-state index contributed by atoms with van der Waals surface area (Å²) in [6.45, 7) is 0.574. The summed E-state index contributed by atoms with van der Waals surface area (Å²) in [6.07, 6.45) is 1.79. The molecule has 0 amide bonds. The molecule has 94 valence electrons. The maximum Gasteiger partial charge on any atom is 0.120 e. The maximum absolute atomic E-state index is 5.81. The summed E-state index contributed by atoms with van der Waals surface area (Å²) < 4.78 is 6.84. The molecule has 0 radical (unpaired) electrons. The Bertz CT molecular complexity index is 697. The second kappa shape index (κ2) is 5.41. The lowest BCUT2D eigenvalue weighted by Gasteiger charge is -2.07. The van der Waals surface area contributed by atoms with E-state index in [0.29, 0.717) is 6.61 Å². The van der Waals surface area contributed by atoms with Crippen molar-refractivity contribution in [3.8, 4) is 5.75 Å². The summed E-state index contributed by atoms with van der Waals surface area (Å²) in [4.78, 5) is 4.32. The van der Waals surface area contributed by atoms with Crippen LogP contribution in [0, 0.1) is 0 Å². The van der Waals surface area contributed by atoms with E-state index in [2.05, 4.69) is 33.0 Å². The Morgan fingerprint density at radius 2 is 1.84 bits per heavy atom. The van der Waals surface area contributed by atoms with Gasteiger partial charge in [0.25, 0.3) is 0 Å². The van der Waals surface area contributed by atoms with Gasteiger partial charge in [0, 0.05) is 16.1 Å². The average Bonchev–Trinajstić information content (AvgIpc) is 2.47. The standard InChI is InChI=1S/C16H12BrNO/c17-15-8-9-18-16-7-6-13(10-14(15)16)19-11-12-4-2-1-3-5-12/h1-10H,11H2. The highest BCUT2D eigenvalue weighted by molar-refractivity contribution is 9.10. The predicted octanol–water partition coefficient (Wildman–Crippen LogP) is 4.58. The third-order valence-electron chi connectivity index (χ3n) is 2.91. The minimum absolute atomic E-state index is 0.574. The molecule has 3 aromatic rings. The van der Waals surface area contributed by atoms with Crippen molar-refractivity contribution in [3.63, 3.8) is 0 Å². The Balaban J connectivity index is 1.84. The SMILES string of the molecule is Brc1ccnc2ccc(OCc3ccccc3)cc12. The molecule has 0 N–H and O–H groups in total. The van der Waals surface area contributed by atoms with E-state index in [9.17, 15) is 0 Å². The number of rotatable bonds is 3. The van der Waals surface area contributed by atoms with Gasteiger partial charge in [-0.2, -0.15) is 0 Å². The number of pyridine rings is 1. The van der Waals surface area contributed by atoms with Crippen LogP contribution >= 0.6 is 15.9 Å². The third kappa shape index (κ3) is 2.76. The molecule has 3 heteroatoms. The van der Waals surface area contributed by atoms with Crippen LogP contribution in [0.25, 0.3) is 10.9 Å². The zero-order valence-corrected chi connectivity index (χ0v) is 11.8. The number of hydrogen-bond acceptors (Lipinski definition) is 2. The van der Waals surface area contributed by atoms with Crippen molar-refractivity contribution in [1.82, 2.24) is 4.98 Å². The van der Waals surface area contributed by atoms with Gasteiger partial charge in [-0.1, -0.05) is 46.3 Å². The summed E-state index contributed by atoms with van der Waals surface area (Å²) >= 11 is 3.53. The van der Waals surface area contributed by atoms with Crippen molar-refractivity contribution in [3.05, 3.63) is 70.8 Å². The van der Waals surface area contributed by atoms with Gasteiger partial charge in [-0.15, -0.1) is 0 Å². The van der Waals surface area contributed by atoms with Crippen LogP contribution in [0.5, 0.6) is 5.75 Å². The van der Waals surface area contributed by atoms with Gasteiger partial charge in [0.15, 0.2) is 0 Å². The Morgan fingerprint density at radius 3 is 2.68 bits per heavy atom. The molecule has 0 aliphatic heterocycles. The lowest BCUT2D eigenvalue weighted by Crippen LogP contribution is -1.95. The largest absolute Gasteiger partial charge is 0.489 e. The molecule has 0 unspecified atom stereocenters. The fourth-order valence-corrected chi connectivity index (χ4v) is 2.36. The summed E-state index contributed by atoms with van der Waals surface area (Å²) in [5.41, 5.74) is 2.12. The van der Waals surface area contributed by atoms with Crippen molar-refractivity contribution in [2.75, 3.05) is 0 Å². The van der Waals surface area contributed by atoms with E-state index in [-0.39, 0.29) is 0 Å². The minimum Gasteiger partial charge on any atom is -0.489 e. The Morgan fingerprint density at radius 1 is 1.00 bits per heavy atom. The molecule has 0 saturated carbocycles. The van der Waals surface area contributed by atoms with Gasteiger partial charge in [-0.3, -0.25) is 4.98 Å². The highest BCUT2D eigenvalue weighted by Gasteiger charge is 2.02. The lowest BCUT2D eigenvalue weighted by atomic mass is 10.2. The monoisotopic (exact) mass is 313 g/mol. The van der Waals surface area contributed by atoms with Gasteiger partial charge in [0.2, 0.25) is 0 Å². The molecular formula is C16H12BrNO. The minimum atomic E-state index is 0.574. The lowest BCUT2D eigenvalue weighted by molar-refractivity contribution is 0.306. The zero-order chi connectivity index (χ0) is 13.1. The number of halogens is 1. The third-order valence-corrected chi connectivity index (χ3v) is 3.60. The van der Waals surface area contributed by atoms with Crippen molar-refractivity contribution in [1.29, 1.82) is 0 Å². The van der Waals surface area contributed by atoms with E-state index in [4.69, 9.17) is 4.74 Å². The molecule has 0 aliphatic rings. The van der Waals surface area contributed by atoms with Crippen LogP contribution in [-0.2, 0) is 6.61 Å². The Kier molecular flexibility index (Phi) is 3.47. The molecule has 1 aromatic heterocycles. The smallest absolute Gasteiger partial charge is 0.120 e. The number of benzene rings is 2. The first-order valence-corrected chi connectivity index (χ1v) is 6.83. The molecular weight excluding hydrogens is 302 g/mol. The maximum atomic E-state index is 5.81. The number of hydrogen-bond donors (Lipinski definition) is 0. The molecule has 0 spiro atoms. The molecule has 0 saturated heterocycles. The van der Waals surface area contributed by atoms with Crippen molar-refractivity contribution >= 4 is 26.8 Å². The van der Waals surface area contributed by atoms with Gasteiger partial charge >= 0.3 is 0 Å². The molecule has 0 aliphatic carbocycles. The zero-order valence-electron chi connectivity index (χ0n) is 10.2. The highest BCUT2D eigenvalue weighted by atomic mass is 79.9. The van der Waals surface area contributed by atoms with E-state index in [1.54, 1.807) is 6.20 Å². The number of ether oxygens (including phenoxy) is 1. The summed E-state index contributed by atoms with van der Waals surface area (Å²) in [5, 5.41) is 1.06. The second-order valence-corrected chi connectivity index (χ2v) is 5.10. The van der Waals surface area contributed by atoms with E-state index in [0.717, 1.165) is 26.7 Å². The Labute approximate surface area is 120 Å². The fourth-order valence-electron chi connectivity index (χ4n) is 1.92. The van der Waals surface area contributed by atoms with Crippen LogP contribution in [0.1, 0.15) is 5.56 Å². The topological polar surface area (TPSA) is 22.1 Å². The van der Waals surface area contributed by atoms with Gasteiger partial charge in [-0.05, 0) is 29.8 Å². The Hall–Kier alpha value is -1.87. The second-order valence-electron chi connectivity index (χ2n) is 4.25. The van der Waals surface area contributed by atoms with Crippen LogP contribution < -0.4 is 4.74 Å². The van der Waals surface area contributed by atoms with Gasteiger partial charge in [0.05, 0.1) is 5.52 Å².